The fraction of sp³-hybridized carbons (Fsp3) is 0.0625. The molecule has 0 bridgehead atoms. The molecule has 1 amide bonds. The molecular formula is C16H11IN4O. The second-order valence-corrected chi connectivity index (χ2v) is 5.97. The lowest BCUT2D eigenvalue weighted by Crippen LogP contribution is -2.22. The molecule has 22 heavy (non-hydrogen) atoms. The number of carbonyl (C=O) groups is 1. The zero-order valence-corrected chi connectivity index (χ0v) is 13.6. The number of carbonyl (C=O) groups excluding carboxylic acids is 1. The van der Waals surface area contributed by atoms with E-state index in [4.69, 9.17) is 0 Å². The van der Waals surface area contributed by atoms with Gasteiger partial charge in [0.25, 0.3) is 0 Å². The van der Waals surface area contributed by atoms with Gasteiger partial charge in [-0.3, -0.25) is 4.79 Å². The van der Waals surface area contributed by atoms with E-state index in [1.165, 1.54) is 0 Å². The molecule has 6 heteroatoms. The van der Waals surface area contributed by atoms with Gasteiger partial charge in [-0.25, -0.2) is 0 Å². The molecule has 0 saturated heterocycles. The van der Waals surface area contributed by atoms with Gasteiger partial charge in [0.15, 0.2) is 0 Å². The Morgan fingerprint density at radius 2 is 1.77 bits per heavy atom. The standard InChI is InChI=1S/C16H11IN4O/c17-21-16-12-6-2-1-5-11(12)9-20(10-22)14-8-4-3-7-13(14)15(16)18-19-21/h1-8,10H,9H2. The van der Waals surface area contributed by atoms with E-state index in [0.29, 0.717) is 6.54 Å². The van der Waals surface area contributed by atoms with E-state index in [1.54, 1.807) is 7.80 Å². The van der Waals surface area contributed by atoms with Crippen LogP contribution in [0.1, 0.15) is 5.56 Å². The Morgan fingerprint density at radius 1 is 1.05 bits per heavy atom. The number of rotatable bonds is 1. The van der Waals surface area contributed by atoms with Crippen LogP contribution >= 0.6 is 22.9 Å². The maximum atomic E-state index is 11.6. The molecule has 0 N–H and O–H groups in total. The molecule has 1 aliphatic rings. The molecule has 0 aliphatic carbocycles. The van der Waals surface area contributed by atoms with Crippen molar-refractivity contribution in [2.24, 2.45) is 0 Å². The molecule has 0 fully saturated rings. The number of anilines is 1. The lowest BCUT2D eigenvalue weighted by atomic mass is 9.96. The normalized spacial score (nSPS) is 12.7. The number of hydrogen-bond donors (Lipinski definition) is 0. The molecule has 3 aromatic rings. The Balaban J connectivity index is 2.11. The highest BCUT2D eigenvalue weighted by Crippen LogP contribution is 2.40. The van der Waals surface area contributed by atoms with Crippen LogP contribution in [0.25, 0.3) is 22.5 Å². The third-order valence-corrected chi connectivity index (χ3v) is 4.52. The van der Waals surface area contributed by atoms with E-state index in [1.807, 2.05) is 48.5 Å². The molecule has 0 saturated carbocycles. The van der Waals surface area contributed by atoms with Crippen LogP contribution in [0.4, 0.5) is 5.69 Å². The van der Waals surface area contributed by atoms with Gasteiger partial charge in [0.1, 0.15) is 11.4 Å². The number of aromatic nitrogens is 3. The fourth-order valence-corrected chi connectivity index (χ4v) is 3.43. The number of hydrogen-bond acceptors (Lipinski definition) is 3. The first-order valence-corrected chi connectivity index (χ1v) is 7.77. The predicted molar refractivity (Wildman–Crippen MR) is 92.6 cm³/mol. The van der Waals surface area contributed by atoms with Gasteiger partial charge in [0.05, 0.1) is 35.1 Å². The van der Waals surface area contributed by atoms with E-state index >= 15 is 0 Å². The van der Waals surface area contributed by atoms with Crippen LogP contribution in [0.2, 0.25) is 0 Å². The van der Waals surface area contributed by atoms with E-state index in [-0.39, 0.29) is 0 Å². The van der Waals surface area contributed by atoms with Crippen molar-refractivity contribution in [3.8, 4) is 22.5 Å². The molecule has 0 atom stereocenters. The van der Waals surface area contributed by atoms with Gasteiger partial charge in [-0.1, -0.05) is 47.7 Å². The summed E-state index contributed by atoms with van der Waals surface area (Å²) in [6.07, 6.45) is 0.870. The number of nitrogens with zero attached hydrogens (tertiary/aromatic N) is 4. The van der Waals surface area contributed by atoms with Gasteiger partial charge in [-0.15, -0.1) is 5.10 Å². The van der Waals surface area contributed by atoms with Crippen molar-refractivity contribution in [1.82, 2.24) is 13.2 Å². The van der Waals surface area contributed by atoms with Crippen LogP contribution in [0, 0.1) is 0 Å². The van der Waals surface area contributed by atoms with Crippen LogP contribution < -0.4 is 4.90 Å². The molecule has 1 aliphatic heterocycles. The number of fused-ring (bicyclic) bond motifs is 5. The number of benzene rings is 2. The highest BCUT2D eigenvalue weighted by molar-refractivity contribution is 14.1. The minimum atomic E-state index is 0.526. The van der Waals surface area contributed by atoms with Crippen molar-refractivity contribution >= 4 is 35.0 Å². The first-order valence-electron chi connectivity index (χ1n) is 6.81. The monoisotopic (exact) mass is 402 g/mol. The largest absolute Gasteiger partial charge is 0.310 e. The Labute approximate surface area is 141 Å². The van der Waals surface area contributed by atoms with E-state index < -0.39 is 0 Å². The predicted octanol–water partition coefficient (Wildman–Crippen LogP) is 3.29. The molecule has 108 valence electrons. The fourth-order valence-electron chi connectivity index (χ4n) is 2.85. The summed E-state index contributed by atoms with van der Waals surface area (Å²) in [7, 11) is 0. The Morgan fingerprint density at radius 3 is 2.59 bits per heavy atom. The summed E-state index contributed by atoms with van der Waals surface area (Å²) in [6.45, 7) is 0.526. The topological polar surface area (TPSA) is 51.0 Å². The molecule has 0 radical (unpaired) electrons. The first-order chi connectivity index (χ1) is 10.8. The van der Waals surface area contributed by atoms with E-state index in [2.05, 4.69) is 33.2 Å². The zero-order valence-electron chi connectivity index (χ0n) is 11.5. The van der Waals surface area contributed by atoms with Crippen molar-refractivity contribution < 1.29 is 4.79 Å². The molecule has 0 unspecified atom stereocenters. The zero-order chi connectivity index (χ0) is 15.1. The summed E-state index contributed by atoms with van der Waals surface area (Å²) < 4.78 is 1.76. The molecule has 2 aromatic carbocycles. The second kappa shape index (κ2) is 5.20. The Bertz CT molecular complexity index is 874. The quantitative estimate of drug-likeness (QED) is 0.464. The van der Waals surface area contributed by atoms with Gasteiger partial charge < -0.3 is 4.90 Å². The lowest BCUT2D eigenvalue weighted by molar-refractivity contribution is -0.107. The SMILES string of the molecule is O=CN1Cc2ccccc2-c2c(nnn2I)-c2ccccc21. The highest BCUT2D eigenvalue weighted by atomic mass is 127. The van der Waals surface area contributed by atoms with Crippen LogP contribution in [-0.2, 0) is 11.3 Å². The lowest BCUT2D eigenvalue weighted by Gasteiger charge is -2.24. The van der Waals surface area contributed by atoms with Gasteiger partial charge >= 0.3 is 0 Å². The molecule has 0 spiro atoms. The highest BCUT2D eigenvalue weighted by Gasteiger charge is 2.25. The Hall–Kier alpha value is -2.22. The number of amides is 1. The van der Waals surface area contributed by atoms with Crippen LogP contribution in [0.5, 0.6) is 0 Å². The van der Waals surface area contributed by atoms with Crippen LogP contribution in [-0.4, -0.2) is 19.6 Å². The summed E-state index contributed by atoms with van der Waals surface area (Å²) in [4.78, 5) is 13.3. The first kappa shape index (κ1) is 13.4. The molecular weight excluding hydrogens is 391 g/mol. The molecule has 2 heterocycles. The molecule has 4 rings (SSSR count). The van der Waals surface area contributed by atoms with Gasteiger partial charge in [-0.2, -0.15) is 2.90 Å². The van der Waals surface area contributed by atoms with Gasteiger partial charge in [0, 0.05) is 11.1 Å². The minimum Gasteiger partial charge on any atom is -0.310 e. The van der Waals surface area contributed by atoms with E-state index in [9.17, 15) is 4.79 Å². The van der Waals surface area contributed by atoms with E-state index in [0.717, 1.165) is 40.2 Å². The average molecular weight is 402 g/mol. The summed E-state index contributed by atoms with van der Waals surface area (Å²) in [6, 6.07) is 15.8. The maximum Gasteiger partial charge on any atom is 0.214 e. The van der Waals surface area contributed by atoms with Crippen molar-refractivity contribution in [3.05, 3.63) is 54.1 Å². The summed E-state index contributed by atoms with van der Waals surface area (Å²) in [5.41, 5.74) is 5.66. The third kappa shape index (κ3) is 1.94. The van der Waals surface area contributed by atoms with Crippen molar-refractivity contribution in [2.75, 3.05) is 4.90 Å². The van der Waals surface area contributed by atoms with Crippen LogP contribution in [0.3, 0.4) is 0 Å². The minimum absolute atomic E-state index is 0.526. The van der Waals surface area contributed by atoms with Crippen LogP contribution in [0.15, 0.2) is 48.5 Å². The molecule has 1 aromatic heterocycles. The summed E-state index contributed by atoms with van der Waals surface area (Å²) in [5.74, 6) is 0. The number of para-hydroxylation sites is 1. The number of halogens is 1. The van der Waals surface area contributed by atoms with Gasteiger partial charge in [-0.05, 0) is 11.6 Å². The molecule has 5 nitrogen and oxygen atoms in total. The van der Waals surface area contributed by atoms with Crippen molar-refractivity contribution in [2.45, 2.75) is 6.54 Å². The van der Waals surface area contributed by atoms with Crippen molar-refractivity contribution in [1.29, 1.82) is 0 Å². The maximum absolute atomic E-state index is 11.6. The second-order valence-electron chi connectivity index (χ2n) is 5.05. The average Bonchev–Trinajstić information content (AvgIpc) is 2.92. The van der Waals surface area contributed by atoms with Crippen molar-refractivity contribution in [3.63, 3.8) is 0 Å². The third-order valence-electron chi connectivity index (χ3n) is 3.84. The Kier molecular flexibility index (Phi) is 3.18. The summed E-state index contributed by atoms with van der Waals surface area (Å²) in [5, 5.41) is 8.51. The smallest absolute Gasteiger partial charge is 0.214 e. The van der Waals surface area contributed by atoms with Gasteiger partial charge in [0.2, 0.25) is 6.41 Å². The summed E-state index contributed by atoms with van der Waals surface area (Å²) >= 11 is 2.14.